The first-order valence-electron chi connectivity index (χ1n) is 3.43. The number of carbonyl (C=O) groups is 1. The summed E-state index contributed by atoms with van der Waals surface area (Å²) in [6, 6.07) is 0.488. The summed E-state index contributed by atoms with van der Waals surface area (Å²) in [4.78, 5) is 12.9. The van der Waals surface area contributed by atoms with Crippen LogP contribution >= 0.6 is 0 Å². The van der Waals surface area contributed by atoms with E-state index in [0.717, 1.165) is 6.42 Å². The van der Waals surface area contributed by atoms with Crippen molar-refractivity contribution in [3.63, 3.8) is 0 Å². The van der Waals surface area contributed by atoms with Crippen LogP contribution in [0.2, 0.25) is 0 Å². The molecule has 0 radical (unpaired) electrons. The molecule has 0 bridgehead atoms. The zero-order valence-electron chi connectivity index (χ0n) is 6.05. The van der Waals surface area contributed by atoms with Gasteiger partial charge in [-0.05, 0) is 13.8 Å². The van der Waals surface area contributed by atoms with E-state index >= 15 is 0 Å². The first kappa shape index (κ1) is 6.75. The summed E-state index contributed by atoms with van der Waals surface area (Å²) in [6.07, 6.45) is 0.722. The van der Waals surface area contributed by atoms with Crippen LogP contribution in [0.4, 0.5) is 0 Å². The highest BCUT2D eigenvalue weighted by Crippen LogP contribution is 2.12. The summed E-state index contributed by atoms with van der Waals surface area (Å²) in [6.45, 7) is 6.14. The molecule has 2 nitrogen and oxygen atoms in total. The van der Waals surface area contributed by atoms with E-state index in [2.05, 4.69) is 11.8 Å². The monoisotopic (exact) mass is 127 g/mol. The predicted octanol–water partition coefficient (Wildman–Crippen LogP) is 0.670. The molecule has 2 heteroatoms. The largest absolute Gasteiger partial charge is 0.300 e. The van der Waals surface area contributed by atoms with Crippen LogP contribution < -0.4 is 0 Å². The summed E-state index contributed by atoms with van der Waals surface area (Å²) in [7, 11) is 0. The van der Waals surface area contributed by atoms with Gasteiger partial charge in [0, 0.05) is 25.6 Å². The Bertz CT molecular complexity index is 118. The fourth-order valence-electron chi connectivity index (χ4n) is 1.04. The number of ketones is 1. The molecule has 52 valence electrons. The molecule has 0 amide bonds. The van der Waals surface area contributed by atoms with Crippen LogP contribution in [0.25, 0.3) is 0 Å². The molecule has 1 aliphatic rings. The summed E-state index contributed by atoms with van der Waals surface area (Å²) < 4.78 is 0. The molecule has 9 heavy (non-hydrogen) atoms. The average molecular weight is 127 g/mol. The van der Waals surface area contributed by atoms with Gasteiger partial charge in [0.05, 0.1) is 0 Å². The third-order valence-electron chi connectivity index (χ3n) is 1.69. The molecule has 0 aliphatic carbocycles. The van der Waals surface area contributed by atoms with Gasteiger partial charge in [-0.25, -0.2) is 0 Å². The van der Waals surface area contributed by atoms with E-state index in [1.54, 1.807) is 6.92 Å². The molecule has 1 fully saturated rings. The molecule has 1 heterocycles. The third kappa shape index (κ3) is 2.14. The lowest BCUT2D eigenvalue weighted by Gasteiger charge is -2.08. The molecule has 0 aromatic heterocycles. The molecule has 1 atom stereocenters. The van der Waals surface area contributed by atoms with E-state index < -0.39 is 0 Å². The second kappa shape index (κ2) is 2.48. The molecule has 0 N–H and O–H groups in total. The van der Waals surface area contributed by atoms with Gasteiger partial charge in [-0.1, -0.05) is 0 Å². The van der Waals surface area contributed by atoms with Crippen molar-refractivity contribution in [2.45, 2.75) is 26.3 Å². The highest BCUT2D eigenvalue weighted by atomic mass is 16.1. The highest BCUT2D eigenvalue weighted by Gasteiger charge is 2.24. The SMILES string of the molecule is CC(=O)CC(C)N1CC1. The van der Waals surface area contributed by atoms with Gasteiger partial charge in [0.15, 0.2) is 0 Å². The maximum absolute atomic E-state index is 10.6. The van der Waals surface area contributed by atoms with Crippen LogP contribution in [0.15, 0.2) is 0 Å². The fourth-order valence-corrected chi connectivity index (χ4v) is 1.04. The summed E-state index contributed by atoms with van der Waals surface area (Å²) in [5.41, 5.74) is 0. The van der Waals surface area contributed by atoms with E-state index in [1.165, 1.54) is 13.1 Å². The minimum absolute atomic E-state index is 0.300. The topological polar surface area (TPSA) is 20.1 Å². The van der Waals surface area contributed by atoms with Crippen LogP contribution in [0.5, 0.6) is 0 Å². The van der Waals surface area contributed by atoms with Crippen molar-refractivity contribution in [3.8, 4) is 0 Å². The van der Waals surface area contributed by atoms with E-state index in [1.807, 2.05) is 0 Å². The van der Waals surface area contributed by atoms with Gasteiger partial charge >= 0.3 is 0 Å². The number of hydrogen-bond donors (Lipinski definition) is 0. The minimum atomic E-state index is 0.300. The summed E-state index contributed by atoms with van der Waals surface area (Å²) >= 11 is 0. The first-order valence-corrected chi connectivity index (χ1v) is 3.43. The summed E-state index contributed by atoms with van der Waals surface area (Å²) in [5.74, 6) is 0.300. The van der Waals surface area contributed by atoms with Gasteiger partial charge < -0.3 is 0 Å². The Morgan fingerprint density at radius 2 is 2.22 bits per heavy atom. The number of carbonyl (C=O) groups excluding carboxylic acids is 1. The van der Waals surface area contributed by atoms with Crippen molar-refractivity contribution in [1.29, 1.82) is 0 Å². The Labute approximate surface area is 55.8 Å². The van der Waals surface area contributed by atoms with Crippen molar-refractivity contribution >= 4 is 5.78 Å². The molecule has 0 spiro atoms. The van der Waals surface area contributed by atoms with Crippen molar-refractivity contribution in [2.75, 3.05) is 13.1 Å². The lowest BCUT2D eigenvalue weighted by atomic mass is 10.2. The zero-order valence-corrected chi connectivity index (χ0v) is 6.05. The lowest BCUT2D eigenvalue weighted by molar-refractivity contribution is -0.117. The second-order valence-electron chi connectivity index (χ2n) is 2.79. The number of hydrogen-bond acceptors (Lipinski definition) is 2. The van der Waals surface area contributed by atoms with Crippen molar-refractivity contribution in [1.82, 2.24) is 4.90 Å². The Morgan fingerprint density at radius 3 is 2.56 bits per heavy atom. The first-order chi connectivity index (χ1) is 4.20. The van der Waals surface area contributed by atoms with Gasteiger partial charge in [-0.3, -0.25) is 9.69 Å². The highest BCUT2D eigenvalue weighted by molar-refractivity contribution is 5.76. The van der Waals surface area contributed by atoms with Crippen molar-refractivity contribution in [2.24, 2.45) is 0 Å². The molecular weight excluding hydrogens is 114 g/mol. The smallest absolute Gasteiger partial charge is 0.131 e. The zero-order chi connectivity index (χ0) is 6.85. The maximum atomic E-state index is 10.6. The third-order valence-corrected chi connectivity index (χ3v) is 1.69. The quantitative estimate of drug-likeness (QED) is 0.519. The second-order valence-corrected chi connectivity index (χ2v) is 2.79. The van der Waals surface area contributed by atoms with Crippen LogP contribution in [0.3, 0.4) is 0 Å². The van der Waals surface area contributed by atoms with E-state index in [9.17, 15) is 4.79 Å². The Kier molecular flexibility index (Phi) is 1.86. The van der Waals surface area contributed by atoms with E-state index in [-0.39, 0.29) is 0 Å². The lowest BCUT2D eigenvalue weighted by Crippen LogP contribution is -2.17. The molecule has 1 saturated heterocycles. The fraction of sp³-hybridized carbons (Fsp3) is 0.857. The van der Waals surface area contributed by atoms with Crippen LogP contribution in [-0.4, -0.2) is 29.8 Å². The van der Waals surface area contributed by atoms with Crippen LogP contribution in [0.1, 0.15) is 20.3 Å². The minimum Gasteiger partial charge on any atom is -0.300 e. The standard InChI is InChI=1S/C7H13NO/c1-6(5-7(2)9)8-3-4-8/h6H,3-5H2,1-2H3. The molecule has 0 saturated carbocycles. The van der Waals surface area contributed by atoms with Gasteiger partial charge in [-0.15, -0.1) is 0 Å². The Balaban J connectivity index is 2.17. The van der Waals surface area contributed by atoms with Gasteiger partial charge in [-0.2, -0.15) is 0 Å². The molecule has 1 unspecified atom stereocenters. The van der Waals surface area contributed by atoms with Crippen LogP contribution in [0, 0.1) is 0 Å². The number of nitrogens with zero attached hydrogens (tertiary/aromatic N) is 1. The van der Waals surface area contributed by atoms with Gasteiger partial charge in [0.1, 0.15) is 5.78 Å². The number of Topliss-reactive ketones (excluding diaryl/α,β-unsaturated/α-hetero) is 1. The number of rotatable bonds is 3. The molecule has 0 aromatic carbocycles. The van der Waals surface area contributed by atoms with E-state index in [4.69, 9.17) is 0 Å². The van der Waals surface area contributed by atoms with Crippen LogP contribution in [-0.2, 0) is 4.79 Å². The van der Waals surface area contributed by atoms with E-state index in [0.29, 0.717) is 11.8 Å². The Morgan fingerprint density at radius 1 is 1.67 bits per heavy atom. The normalized spacial score (nSPS) is 21.6. The Hall–Kier alpha value is -0.370. The predicted molar refractivity (Wildman–Crippen MR) is 36.3 cm³/mol. The van der Waals surface area contributed by atoms with Gasteiger partial charge in [0.25, 0.3) is 0 Å². The van der Waals surface area contributed by atoms with Crippen molar-refractivity contribution in [3.05, 3.63) is 0 Å². The maximum Gasteiger partial charge on any atom is 0.131 e. The summed E-state index contributed by atoms with van der Waals surface area (Å²) in [5, 5.41) is 0. The molecule has 1 aliphatic heterocycles. The molecule has 0 aromatic rings. The van der Waals surface area contributed by atoms with Gasteiger partial charge in [0.2, 0.25) is 0 Å². The van der Waals surface area contributed by atoms with Crippen molar-refractivity contribution < 1.29 is 4.79 Å². The molecular formula is C7H13NO. The average Bonchev–Trinajstić information content (AvgIpc) is 2.40. The molecule has 1 rings (SSSR count).